The first kappa shape index (κ1) is 11.5. The van der Waals surface area contributed by atoms with Crippen molar-refractivity contribution in [2.45, 2.75) is 33.1 Å². The summed E-state index contributed by atoms with van der Waals surface area (Å²) in [5.41, 5.74) is 0. The Morgan fingerprint density at radius 1 is 1.43 bits per heavy atom. The minimum Gasteiger partial charge on any atom is -0.355 e. The zero-order chi connectivity index (χ0) is 10.4. The van der Waals surface area contributed by atoms with E-state index in [1.807, 2.05) is 6.92 Å². The van der Waals surface area contributed by atoms with E-state index >= 15 is 0 Å². The van der Waals surface area contributed by atoms with Crippen LogP contribution in [0, 0.1) is 11.8 Å². The summed E-state index contributed by atoms with van der Waals surface area (Å²) in [6, 6.07) is 0. The molecule has 0 aromatic heterocycles. The molecule has 0 bridgehead atoms. The lowest BCUT2D eigenvalue weighted by molar-refractivity contribution is -0.120. The van der Waals surface area contributed by atoms with Crippen LogP contribution in [0.25, 0.3) is 0 Å². The van der Waals surface area contributed by atoms with Crippen LogP contribution in [0.15, 0.2) is 0 Å². The molecule has 2 unspecified atom stereocenters. The number of carbonyl (C=O) groups is 1. The molecule has 0 aliphatic heterocycles. The normalized spacial score (nSPS) is 26.4. The fourth-order valence-corrected chi connectivity index (χ4v) is 2.16. The molecule has 0 heterocycles. The van der Waals surface area contributed by atoms with Crippen molar-refractivity contribution in [1.29, 1.82) is 0 Å². The van der Waals surface area contributed by atoms with Crippen molar-refractivity contribution in [3.05, 3.63) is 0 Å². The van der Waals surface area contributed by atoms with E-state index in [2.05, 4.69) is 17.6 Å². The number of nitrogens with one attached hydrogen (secondary N) is 2. The molecule has 0 radical (unpaired) electrons. The lowest BCUT2D eigenvalue weighted by atomic mass is 9.98. The van der Waals surface area contributed by atoms with Crippen molar-refractivity contribution in [3.8, 4) is 0 Å². The molecule has 0 saturated heterocycles. The molecule has 1 amide bonds. The number of hydrogen-bond donors (Lipinski definition) is 2. The van der Waals surface area contributed by atoms with Gasteiger partial charge in [0, 0.05) is 6.54 Å². The second-order valence-corrected chi connectivity index (χ2v) is 4.25. The van der Waals surface area contributed by atoms with Gasteiger partial charge in [0.15, 0.2) is 0 Å². The number of likely N-dealkylation sites (N-methyl/N-ethyl adjacent to an activating group) is 1. The van der Waals surface area contributed by atoms with Crippen molar-refractivity contribution in [2.75, 3.05) is 19.6 Å². The summed E-state index contributed by atoms with van der Waals surface area (Å²) in [6.45, 7) is 6.44. The van der Waals surface area contributed by atoms with E-state index in [0.717, 1.165) is 24.9 Å². The maximum Gasteiger partial charge on any atom is 0.233 e. The molecule has 2 N–H and O–H groups in total. The zero-order valence-corrected chi connectivity index (χ0v) is 9.31. The lowest BCUT2D eigenvalue weighted by Gasteiger charge is -2.15. The predicted octanol–water partition coefficient (Wildman–Crippen LogP) is 1.15. The molecular weight excluding hydrogens is 176 g/mol. The number of rotatable bonds is 5. The second-order valence-electron chi connectivity index (χ2n) is 4.25. The first-order chi connectivity index (χ1) is 6.74. The van der Waals surface area contributed by atoms with Gasteiger partial charge in [-0.05, 0) is 31.7 Å². The Balaban J connectivity index is 2.06. The zero-order valence-electron chi connectivity index (χ0n) is 9.31. The summed E-state index contributed by atoms with van der Waals surface area (Å²) < 4.78 is 0. The van der Waals surface area contributed by atoms with Crippen LogP contribution in [0.4, 0.5) is 0 Å². The lowest BCUT2D eigenvalue weighted by Crippen LogP contribution is -2.36. The number of amides is 1. The Labute approximate surface area is 86.6 Å². The molecule has 1 fully saturated rings. The molecule has 1 saturated carbocycles. The Morgan fingerprint density at radius 3 is 2.79 bits per heavy atom. The highest BCUT2D eigenvalue weighted by Gasteiger charge is 2.22. The van der Waals surface area contributed by atoms with E-state index in [1.54, 1.807) is 0 Å². The monoisotopic (exact) mass is 198 g/mol. The first-order valence-corrected chi connectivity index (χ1v) is 5.71. The topological polar surface area (TPSA) is 41.1 Å². The third-order valence-electron chi connectivity index (χ3n) is 3.11. The minimum absolute atomic E-state index is 0.109. The maximum absolute atomic E-state index is 11.1. The van der Waals surface area contributed by atoms with Crippen molar-refractivity contribution in [2.24, 2.45) is 11.8 Å². The molecule has 3 heteroatoms. The quantitative estimate of drug-likeness (QED) is 0.696. The molecule has 1 aliphatic carbocycles. The first-order valence-electron chi connectivity index (χ1n) is 5.71. The Hall–Kier alpha value is -0.570. The van der Waals surface area contributed by atoms with Crippen LogP contribution in [-0.2, 0) is 4.79 Å². The standard InChI is InChI=1S/C11H22N2O/c1-3-13-11(14)8-12-7-10-6-4-5-9(10)2/h9-10,12H,3-8H2,1-2H3,(H,13,14). The fourth-order valence-electron chi connectivity index (χ4n) is 2.16. The molecule has 3 nitrogen and oxygen atoms in total. The van der Waals surface area contributed by atoms with Gasteiger partial charge in [-0.3, -0.25) is 4.79 Å². The van der Waals surface area contributed by atoms with Crippen LogP contribution in [-0.4, -0.2) is 25.5 Å². The van der Waals surface area contributed by atoms with E-state index in [9.17, 15) is 4.79 Å². The largest absolute Gasteiger partial charge is 0.355 e. The molecule has 0 aromatic rings. The van der Waals surface area contributed by atoms with E-state index < -0.39 is 0 Å². The van der Waals surface area contributed by atoms with E-state index in [0.29, 0.717) is 6.54 Å². The smallest absolute Gasteiger partial charge is 0.233 e. The average molecular weight is 198 g/mol. The summed E-state index contributed by atoms with van der Waals surface area (Å²) in [4.78, 5) is 11.1. The van der Waals surface area contributed by atoms with E-state index in [-0.39, 0.29) is 5.91 Å². The molecular formula is C11H22N2O. The van der Waals surface area contributed by atoms with Crippen LogP contribution in [0.3, 0.4) is 0 Å². The van der Waals surface area contributed by atoms with Crippen molar-refractivity contribution < 1.29 is 4.79 Å². The van der Waals surface area contributed by atoms with Crippen LogP contribution in [0.2, 0.25) is 0 Å². The van der Waals surface area contributed by atoms with Crippen molar-refractivity contribution >= 4 is 5.91 Å². The Kier molecular flexibility index (Phi) is 4.94. The van der Waals surface area contributed by atoms with Gasteiger partial charge in [0.2, 0.25) is 5.91 Å². The summed E-state index contributed by atoms with van der Waals surface area (Å²) in [7, 11) is 0. The van der Waals surface area contributed by atoms with E-state index in [4.69, 9.17) is 0 Å². The maximum atomic E-state index is 11.1. The summed E-state index contributed by atoms with van der Waals surface area (Å²) >= 11 is 0. The summed E-state index contributed by atoms with van der Waals surface area (Å²) in [5.74, 6) is 1.72. The van der Waals surface area contributed by atoms with Crippen LogP contribution < -0.4 is 10.6 Å². The molecule has 82 valence electrons. The Bertz CT molecular complexity index is 182. The van der Waals surface area contributed by atoms with Gasteiger partial charge >= 0.3 is 0 Å². The van der Waals surface area contributed by atoms with Gasteiger partial charge in [-0.15, -0.1) is 0 Å². The van der Waals surface area contributed by atoms with Crippen molar-refractivity contribution in [1.82, 2.24) is 10.6 Å². The molecule has 1 aliphatic rings. The molecule has 2 atom stereocenters. The highest BCUT2D eigenvalue weighted by molar-refractivity contribution is 5.77. The second kappa shape index (κ2) is 6.02. The Morgan fingerprint density at radius 2 is 2.21 bits per heavy atom. The van der Waals surface area contributed by atoms with Crippen LogP contribution >= 0.6 is 0 Å². The average Bonchev–Trinajstić information content (AvgIpc) is 2.52. The summed E-state index contributed by atoms with van der Waals surface area (Å²) in [5, 5.41) is 6.01. The summed E-state index contributed by atoms with van der Waals surface area (Å²) in [6.07, 6.45) is 4.03. The molecule has 1 rings (SSSR count). The third-order valence-corrected chi connectivity index (χ3v) is 3.11. The van der Waals surface area contributed by atoms with Gasteiger partial charge in [0.25, 0.3) is 0 Å². The third kappa shape index (κ3) is 3.66. The molecule has 0 aromatic carbocycles. The number of hydrogen-bond acceptors (Lipinski definition) is 2. The van der Waals surface area contributed by atoms with Crippen molar-refractivity contribution in [3.63, 3.8) is 0 Å². The SMILES string of the molecule is CCNC(=O)CNCC1CCCC1C. The van der Waals surface area contributed by atoms with E-state index in [1.165, 1.54) is 19.3 Å². The van der Waals surface area contributed by atoms with Gasteiger partial charge in [0.05, 0.1) is 6.54 Å². The highest BCUT2D eigenvalue weighted by atomic mass is 16.1. The minimum atomic E-state index is 0.109. The van der Waals surface area contributed by atoms with Gasteiger partial charge < -0.3 is 10.6 Å². The van der Waals surface area contributed by atoms with Gasteiger partial charge in [-0.25, -0.2) is 0 Å². The number of carbonyl (C=O) groups excluding carboxylic acids is 1. The fraction of sp³-hybridized carbons (Fsp3) is 0.909. The van der Waals surface area contributed by atoms with Gasteiger partial charge in [0.1, 0.15) is 0 Å². The highest BCUT2D eigenvalue weighted by Crippen LogP contribution is 2.30. The predicted molar refractivity (Wildman–Crippen MR) is 58.1 cm³/mol. The molecule has 14 heavy (non-hydrogen) atoms. The van der Waals surface area contributed by atoms with Gasteiger partial charge in [-0.2, -0.15) is 0 Å². The molecule has 0 spiro atoms. The van der Waals surface area contributed by atoms with Gasteiger partial charge in [-0.1, -0.05) is 19.8 Å². The van der Waals surface area contributed by atoms with Crippen LogP contribution in [0.1, 0.15) is 33.1 Å². The van der Waals surface area contributed by atoms with Crippen LogP contribution in [0.5, 0.6) is 0 Å².